The highest BCUT2D eigenvalue weighted by Crippen LogP contribution is 2.00. The predicted molar refractivity (Wildman–Crippen MR) is 52.0 cm³/mol. The zero-order valence-electron chi connectivity index (χ0n) is 7.73. The lowest BCUT2D eigenvalue weighted by Crippen LogP contribution is -2.33. The molecule has 1 aromatic carbocycles. The molecule has 0 fully saturated rings. The smallest absolute Gasteiger partial charge is 0.227 e. The maximum atomic E-state index is 11.4. The summed E-state index contributed by atoms with van der Waals surface area (Å²) in [6, 6.07) is 9.64. The molecule has 0 aliphatic carbocycles. The third-order valence-electron chi connectivity index (χ3n) is 1.90. The Balaban J connectivity index is 2.55. The van der Waals surface area contributed by atoms with E-state index < -0.39 is 0 Å². The van der Waals surface area contributed by atoms with E-state index in [0.29, 0.717) is 6.42 Å². The number of nitrogens with zero attached hydrogens (tertiary/aromatic N) is 1. The summed E-state index contributed by atoms with van der Waals surface area (Å²) in [4.78, 5) is 12.9. The van der Waals surface area contributed by atoms with Gasteiger partial charge in [0, 0.05) is 7.05 Å². The maximum Gasteiger partial charge on any atom is 0.227 e. The van der Waals surface area contributed by atoms with Gasteiger partial charge in [0.15, 0.2) is 0 Å². The molecule has 3 heteroatoms. The van der Waals surface area contributed by atoms with E-state index in [1.165, 1.54) is 4.90 Å². The Labute approximate surface area is 78.2 Å². The van der Waals surface area contributed by atoms with Crippen molar-refractivity contribution in [2.24, 2.45) is 5.73 Å². The van der Waals surface area contributed by atoms with Crippen LogP contribution in [0.2, 0.25) is 0 Å². The average Bonchev–Trinajstić information content (AvgIpc) is 2.18. The Kier molecular flexibility index (Phi) is 3.46. The van der Waals surface area contributed by atoms with Crippen molar-refractivity contribution in [3.8, 4) is 0 Å². The fraction of sp³-hybridized carbons (Fsp3) is 0.300. The Morgan fingerprint density at radius 2 is 2.00 bits per heavy atom. The SMILES string of the molecule is CN(CN)C(=O)Cc1ccccc1. The largest absolute Gasteiger partial charge is 0.333 e. The first kappa shape index (κ1) is 9.74. The monoisotopic (exact) mass is 178 g/mol. The summed E-state index contributed by atoms with van der Waals surface area (Å²) in [5.41, 5.74) is 6.35. The van der Waals surface area contributed by atoms with Crippen LogP contribution in [-0.4, -0.2) is 24.5 Å². The quantitative estimate of drug-likeness (QED) is 0.689. The van der Waals surface area contributed by atoms with E-state index in [9.17, 15) is 4.79 Å². The molecular weight excluding hydrogens is 164 g/mol. The molecule has 0 bridgehead atoms. The predicted octanol–water partition coefficient (Wildman–Crippen LogP) is 0.604. The van der Waals surface area contributed by atoms with Crippen LogP contribution in [0.5, 0.6) is 0 Å². The van der Waals surface area contributed by atoms with Crippen molar-refractivity contribution in [2.75, 3.05) is 13.7 Å². The van der Waals surface area contributed by atoms with Crippen LogP contribution in [0.1, 0.15) is 5.56 Å². The van der Waals surface area contributed by atoms with Crippen LogP contribution in [0, 0.1) is 0 Å². The highest BCUT2D eigenvalue weighted by atomic mass is 16.2. The van der Waals surface area contributed by atoms with Crippen LogP contribution >= 0.6 is 0 Å². The summed E-state index contributed by atoms with van der Waals surface area (Å²) in [5.74, 6) is 0.0497. The van der Waals surface area contributed by atoms with E-state index in [2.05, 4.69) is 0 Å². The summed E-state index contributed by atoms with van der Waals surface area (Å²) in [6.45, 7) is 0.270. The number of benzene rings is 1. The standard InChI is InChI=1S/C10H14N2O/c1-12(8-11)10(13)7-9-5-3-2-4-6-9/h2-6H,7-8,11H2,1H3. The molecule has 0 radical (unpaired) electrons. The van der Waals surface area contributed by atoms with E-state index in [1.54, 1.807) is 7.05 Å². The van der Waals surface area contributed by atoms with Crippen LogP contribution in [0.3, 0.4) is 0 Å². The molecule has 0 aliphatic rings. The van der Waals surface area contributed by atoms with E-state index in [4.69, 9.17) is 5.73 Å². The van der Waals surface area contributed by atoms with Gasteiger partial charge >= 0.3 is 0 Å². The first-order valence-corrected chi connectivity index (χ1v) is 4.22. The Morgan fingerprint density at radius 1 is 1.38 bits per heavy atom. The number of carbonyl (C=O) groups excluding carboxylic acids is 1. The number of carbonyl (C=O) groups is 1. The van der Waals surface area contributed by atoms with Gasteiger partial charge in [0.1, 0.15) is 0 Å². The highest BCUT2D eigenvalue weighted by Gasteiger charge is 2.06. The third-order valence-corrected chi connectivity index (χ3v) is 1.90. The topological polar surface area (TPSA) is 46.3 Å². The first-order valence-electron chi connectivity index (χ1n) is 4.22. The van der Waals surface area contributed by atoms with Gasteiger partial charge in [-0.05, 0) is 5.56 Å². The number of hydrogen-bond acceptors (Lipinski definition) is 2. The molecule has 13 heavy (non-hydrogen) atoms. The second-order valence-electron chi connectivity index (χ2n) is 2.94. The summed E-state index contributed by atoms with van der Waals surface area (Å²) in [5, 5.41) is 0. The normalized spacial score (nSPS) is 9.69. The lowest BCUT2D eigenvalue weighted by atomic mass is 10.1. The highest BCUT2D eigenvalue weighted by molar-refractivity contribution is 5.78. The second-order valence-corrected chi connectivity index (χ2v) is 2.94. The van der Waals surface area contributed by atoms with Crippen LogP contribution in [0.4, 0.5) is 0 Å². The fourth-order valence-electron chi connectivity index (χ4n) is 1.01. The van der Waals surface area contributed by atoms with Gasteiger partial charge in [0.25, 0.3) is 0 Å². The molecule has 0 aliphatic heterocycles. The zero-order valence-corrected chi connectivity index (χ0v) is 7.73. The van der Waals surface area contributed by atoms with Gasteiger partial charge in [-0.2, -0.15) is 0 Å². The molecule has 0 spiro atoms. The molecule has 1 amide bonds. The number of rotatable bonds is 3. The Bertz CT molecular complexity index is 272. The minimum atomic E-state index is 0.0497. The van der Waals surface area contributed by atoms with Crippen molar-refractivity contribution in [1.82, 2.24) is 4.90 Å². The fourth-order valence-corrected chi connectivity index (χ4v) is 1.01. The van der Waals surface area contributed by atoms with Crippen molar-refractivity contribution in [3.05, 3.63) is 35.9 Å². The zero-order chi connectivity index (χ0) is 9.68. The minimum absolute atomic E-state index is 0.0497. The van der Waals surface area contributed by atoms with Gasteiger partial charge in [-0.15, -0.1) is 0 Å². The minimum Gasteiger partial charge on any atom is -0.333 e. The van der Waals surface area contributed by atoms with Crippen LogP contribution in [0.15, 0.2) is 30.3 Å². The molecule has 0 saturated heterocycles. The summed E-state index contributed by atoms with van der Waals surface area (Å²) >= 11 is 0. The molecule has 0 heterocycles. The maximum absolute atomic E-state index is 11.4. The number of hydrogen-bond donors (Lipinski definition) is 1. The summed E-state index contributed by atoms with van der Waals surface area (Å²) < 4.78 is 0. The molecule has 0 saturated carbocycles. The lowest BCUT2D eigenvalue weighted by Gasteiger charge is -2.13. The molecule has 0 unspecified atom stereocenters. The van der Waals surface area contributed by atoms with Crippen LogP contribution < -0.4 is 5.73 Å². The number of likely N-dealkylation sites (N-methyl/N-ethyl adjacent to an activating group) is 1. The van der Waals surface area contributed by atoms with Gasteiger partial charge in [0.2, 0.25) is 5.91 Å². The van der Waals surface area contributed by atoms with Gasteiger partial charge < -0.3 is 10.6 Å². The van der Waals surface area contributed by atoms with Crippen molar-refractivity contribution in [2.45, 2.75) is 6.42 Å². The van der Waals surface area contributed by atoms with Crippen molar-refractivity contribution in [3.63, 3.8) is 0 Å². The second kappa shape index (κ2) is 4.62. The number of amides is 1. The molecule has 1 aromatic rings. The van der Waals surface area contributed by atoms with Crippen LogP contribution in [0.25, 0.3) is 0 Å². The van der Waals surface area contributed by atoms with Gasteiger partial charge in [0.05, 0.1) is 13.1 Å². The third kappa shape index (κ3) is 2.87. The van der Waals surface area contributed by atoms with Crippen molar-refractivity contribution >= 4 is 5.91 Å². The Morgan fingerprint density at radius 3 is 2.54 bits per heavy atom. The molecule has 0 atom stereocenters. The molecule has 70 valence electrons. The average molecular weight is 178 g/mol. The van der Waals surface area contributed by atoms with Gasteiger partial charge in [-0.3, -0.25) is 4.79 Å². The van der Waals surface area contributed by atoms with E-state index in [1.807, 2.05) is 30.3 Å². The van der Waals surface area contributed by atoms with Gasteiger partial charge in [-0.1, -0.05) is 30.3 Å². The van der Waals surface area contributed by atoms with E-state index in [0.717, 1.165) is 5.56 Å². The summed E-state index contributed by atoms with van der Waals surface area (Å²) in [7, 11) is 1.70. The number of nitrogens with two attached hydrogens (primary N) is 1. The van der Waals surface area contributed by atoms with E-state index in [-0.39, 0.29) is 12.6 Å². The molecule has 0 aromatic heterocycles. The molecule has 2 N–H and O–H groups in total. The molecule has 3 nitrogen and oxygen atoms in total. The van der Waals surface area contributed by atoms with Crippen LogP contribution in [-0.2, 0) is 11.2 Å². The first-order chi connectivity index (χ1) is 6.24. The van der Waals surface area contributed by atoms with Crippen molar-refractivity contribution < 1.29 is 4.79 Å². The lowest BCUT2D eigenvalue weighted by molar-refractivity contribution is -0.129. The Hall–Kier alpha value is -1.35. The summed E-state index contributed by atoms with van der Waals surface area (Å²) in [6.07, 6.45) is 0.425. The van der Waals surface area contributed by atoms with E-state index >= 15 is 0 Å². The molecule has 1 rings (SSSR count). The molecular formula is C10H14N2O. The van der Waals surface area contributed by atoms with Crippen molar-refractivity contribution in [1.29, 1.82) is 0 Å². The van der Waals surface area contributed by atoms with Gasteiger partial charge in [-0.25, -0.2) is 0 Å².